The van der Waals surface area contributed by atoms with Crippen LogP contribution in [0.4, 0.5) is 10.1 Å². The first-order chi connectivity index (χ1) is 7.77. The Balaban J connectivity index is 2.34. The van der Waals surface area contributed by atoms with Crippen molar-refractivity contribution in [1.82, 2.24) is 0 Å². The van der Waals surface area contributed by atoms with Crippen molar-refractivity contribution in [3.63, 3.8) is 0 Å². The Labute approximate surface area is 101 Å². The summed E-state index contributed by atoms with van der Waals surface area (Å²) in [6.07, 6.45) is 1.09. The lowest BCUT2D eigenvalue weighted by molar-refractivity contribution is 0.386. The molecule has 1 rings (SSSR count). The molecular formula is C12H18FNOS. The largest absolute Gasteiger partial charge is 0.494 e. The van der Waals surface area contributed by atoms with E-state index in [4.69, 9.17) is 4.74 Å². The highest BCUT2D eigenvalue weighted by Crippen LogP contribution is 2.20. The van der Waals surface area contributed by atoms with Gasteiger partial charge in [0.1, 0.15) is 0 Å². The number of methoxy groups -OCH3 is 1. The number of anilines is 1. The fourth-order valence-corrected chi connectivity index (χ4v) is 1.96. The van der Waals surface area contributed by atoms with Gasteiger partial charge in [0.05, 0.1) is 7.11 Å². The average Bonchev–Trinajstić information content (AvgIpc) is 2.29. The molecule has 0 aliphatic carbocycles. The number of hydrogen-bond acceptors (Lipinski definition) is 3. The van der Waals surface area contributed by atoms with Crippen molar-refractivity contribution in [1.29, 1.82) is 0 Å². The van der Waals surface area contributed by atoms with Gasteiger partial charge in [0.25, 0.3) is 0 Å². The third-order valence-corrected chi connectivity index (χ3v) is 3.14. The Morgan fingerprint density at radius 3 is 2.88 bits per heavy atom. The molecule has 0 aromatic heterocycles. The molecule has 0 unspecified atom stereocenters. The standard InChI is InChI=1S/C12H18FNOS/c1-3-16-8-4-7-14-10-5-6-12(15-2)11(13)9-10/h5-6,9,14H,3-4,7-8H2,1-2H3. The zero-order valence-electron chi connectivity index (χ0n) is 9.75. The molecule has 16 heavy (non-hydrogen) atoms. The van der Waals surface area contributed by atoms with E-state index in [1.165, 1.54) is 13.2 Å². The summed E-state index contributed by atoms with van der Waals surface area (Å²) >= 11 is 1.92. The highest BCUT2D eigenvalue weighted by Gasteiger charge is 2.02. The molecule has 0 saturated carbocycles. The van der Waals surface area contributed by atoms with Gasteiger partial charge in [0.2, 0.25) is 0 Å². The van der Waals surface area contributed by atoms with Gasteiger partial charge in [-0.3, -0.25) is 0 Å². The van der Waals surface area contributed by atoms with E-state index < -0.39 is 0 Å². The zero-order chi connectivity index (χ0) is 11.8. The Hall–Kier alpha value is -0.900. The van der Waals surface area contributed by atoms with Crippen LogP contribution >= 0.6 is 11.8 Å². The summed E-state index contributed by atoms with van der Waals surface area (Å²) in [5, 5.41) is 3.19. The maximum Gasteiger partial charge on any atom is 0.167 e. The van der Waals surface area contributed by atoms with Crippen molar-refractivity contribution < 1.29 is 9.13 Å². The number of thioether (sulfide) groups is 1. The number of hydrogen-bond donors (Lipinski definition) is 1. The van der Waals surface area contributed by atoms with Crippen LogP contribution in [0.3, 0.4) is 0 Å². The summed E-state index contributed by atoms with van der Waals surface area (Å²) in [6.45, 7) is 3.02. The molecule has 90 valence electrons. The van der Waals surface area contributed by atoms with E-state index in [1.807, 2.05) is 17.8 Å². The lowest BCUT2D eigenvalue weighted by atomic mass is 10.3. The molecule has 1 N–H and O–H groups in total. The Morgan fingerprint density at radius 1 is 1.44 bits per heavy atom. The number of rotatable bonds is 7. The Morgan fingerprint density at radius 2 is 2.25 bits per heavy atom. The molecule has 0 aliphatic heterocycles. The summed E-state index contributed by atoms with van der Waals surface area (Å²) in [6, 6.07) is 4.93. The number of benzene rings is 1. The fourth-order valence-electron chi connectivity index (χ4n) is 1.33. The maximum absolute atomic E-state index is 13.3. The van der Waals surface area contributed by atoms with Gasteiger partial charge in [-0.1, -0.05) is 6.92 Å². The normalized spacial score (nSPS) is 10.2. The smallest absolute Gasteiger partial charge is 0.167 e. The third kappa shape index (κ3) is 4.31. The van der Waals surface area contributed by atoms with E-state index in [1.54, 1.807) is 6.07 Å². The average molecular weight is 243 g/mol. The van der Waals surface area contributed by atoms with Crippen LogP contribution in [0, 0.1) is 5.82 Å². The van der Waals surface area contributed by atoms with Crippen molar-refractivity contribution in [3.8, 4) is 5.75 Å². The first kappa shape index (κ1) is 13.2. The van der Waals surface area contributed by atoms with Crippen LogP contribution in [0.25, 0.3) is 0 Å². The molecule has 0 bridgehead atoms. The van der Waals surface area contributed by atoms with Crippen LogP contribution in [-0.2, 0) is 0 Å². The minimum Gasteiger partial charge on any atom is -0.494 e. The van der Waals surface area contributed by atoms with Crippen molar-refractivity contribution in [3.05, 3.63) is 24.0 Å². The highest BCUT2D eigenvalue weighted by atomic mass is 32.2. The second-order valence-electron chi connectivity index (χ2n) is 3.33. The molecule has 0 spiro atoms. The zero-order valence-corrected chi connectivity index (χ0v) is 10.6. The van der Waals surface area contributed by atoms with E-state index in [0.29, 0.717) is 0 Å². The van der Waals surface area contributed by atoms with E-state index in [0.717, 1.165) is 30.2 Å². The lowest BCUT2D eigenvalue weighted by Crippen LogP contribution is -2.03. The Kier molecular flexibility index (Phi) is 6.08. The van der Waals surface area contributed by atoms with Crippen molar-refractivity contribution in [2.75, 3.05) is 30.5 Å². The molecule has 0 atom stereocenters. The van der Waals surface area contributed by atoms with Crippen LogP contribution in [-0.4, -0.2) is 25.2 Å². The van der Waals surface area contributed by atoms with Crippen LogP contribution in [0.2, 0.25) is 0 Å². The van der Waals surface area contributed by atoms with Gasteiger partial charge in [-0.05, 0) is 30.1 Å². The predicted octanol–water partition coefficient (Wildman–Crippen LogP) is 3.39. The van der Waals surface area contributed by atoms with E-state index >= 15 is 0 Å². The SMILES string of the molecule is CCSCCCNc1ccc(OC)c(F)c1. The van der Waals surface area contributed by atoms with E-state index in [2.05, 4.69) is 12.2 Å². The summed E-state index contributed by atoms with van der Waals surface area (Å²) in [7, 11) is 1.47. The summed E-state index contributed by atoms with van der Waals surface area (Å²) in [4.78, 5) is 0. The second kappa shape index (κ2) is 7.39. The van der Waals surface area contributed by atoms with Crippen LogP contribution < -0.4 is 10.1 Å². The summed E-state index contributed by atoms with van der Waals surface area (Å²) in [5.74, 6) is 2.25. The topological polar surface area (TPSA) is 21.3 Å². The lowest BCUT2D eigenvalue weighted by Gasteiger charge is -2.07. The number of halogens is 1. The molecule has 0 saturated heterocycles. The first-order valence-corrected chi connectivity index (χ1v) is 6.58. The van der Waals surface area contributed by atoms with Gasteiger partial charge in [0.15, 0.2) is 11.6 Å². The van der Waals surface area contributed by atoms with Gasteiger partial charge in [-0.15, -0.1) is 0 Å². The van der Waals surface area contributed by atoms with Gasteiger partial charge in [-0.25, -0.2) is 4.39 Å². The summed E-state index contributed by atoms with van der Waals surface area (Å²) < 4.78 is 18.2. The first-order valence-electron chi connectivity index (χ1n) is 5.43. The molecule has 2 nitrogen and oxygen atoms in total. The minimum absolute atomic E-state index is 0.284. The molecule has 0 fully saturated rings. The quantitative estimate of drug-likeness (QED) is 0.742. The number of ether oxygens (including phenoxy) is 1. The Bertz CT molecular complexity index is 320. The molecule has 0 aliphatic rings. The molecule has 0 radical (unpaired) electrons. The maximum atomic E-state index is 13.3. The molecule has 1 aromatic carbocycles. The van der Waals surface area contributed by atoms with Gasteiger partial charge < -0.3 is 10.1 Å². The molecule has 4 heteroatoms. The molecular weight excluding hydrogens is 225 g/mol. The number of nitrogens with one attached hydrogen (secondary N) is 1. The molecule has 0 amide bonds. The van der Waals surface area contributed by atoms with Crippen LogP contribution in [0.15, 0.2) is 18.2 Å². The van der Waals surface area contributed by atoms with E-state index in [-0.39, 0.29) is 11.6 Å². The van der Waals surface area contributed by atoms with Crippen molar-refractivity contribution >= 4 is 17.4 Å². The molecule has 0 heterocycles. The third-order valence-electron chi connectivity index (χ3n) is 2.15. The van der Waals surface area contributed by atoms with Crippen molar-refractivity contribution in [2.24, 2.45) is 0 Å². The molecule has 1 aromatic rings. The monoisotopic (exact) mass is 243 g/mol. The second-order valence-corrected chi connectivity index (χ2v) is 4.72. The predicted molar refractivity (Wildman–Crippen MR) is 69.1 cm³/mol. The van der Waals surface area contributed by atoms with Gasteiger partial charge in [-0.2, -0.15) is 11.8 Å². The minimum atomic E-state index is -0.324. The van der Waals surface area contributed by atoms with Gasteiger partial charge in [0, 0.05) is 18.3 Å². The van der Waals surface area contributed by atoms with Crippen LogP contribution in [0.5, 0.6) is 5.75 Å². The van der Waals surface area contributed by atoms with Crippen LogP contribution in [0.1, 0.15) is 13.3 Å². The summed E-state index contributed by atoms with van der Waals surface area (Å²) in [5.41, 5.74) is 0.805. The fraction of sp³-hybridized carbons (Fsp3) is 0.500. The van der Waals surface area contributed by atoms with Gasteiger partial charge >= 0.3 is 0 Å². The van der Waals surface area contributed by atoms with E-state index in [9.17, 15) is 4.39 Å². The highest BCUT2D eigenvalue weighted by molar-refractivity contribution is 7.99. The van der Waals surface area contributed by atoms with Crippen molar-refractivity contribution in [2.45, 2.75) is 13.3 Å².